The summed E-state index contributed by atoms with van der Waals surface area (Å²) >= 11 is 1.61. The molecule has 0 aromatic carbocycles. The third kappa shape index (κ3) is 2.62. The van der Waals surface area contributed by atoms with E-state index >= 15 is 0 Å². The van der Waals surface area contributed by atoms with Crippen LogP contribution in [0.5, 0.6) is 0 Å². The fourth-order valence-electron chi connectivity index (χ4n) is 1.27. The molecule has 0 spiro atoms. The van der Waals surface area contributed by atoms with Gasteiger partial charge in [-0.15, -0.1) is 10.2 Å². The van der Waals surface area contributed by atoms with Crippen LogP contribution in [0.4, 0.5) is 0 Å². The van der Waals surface area contributed by atoms with E-state index in [1.807, 2.05) is 25.3 Å². The topological polar surface area (TPSA) is 50.7 Å². The largest absolute Gasteiger partial charge is 0.311 e. The van der Waals surface area contributed by atoms with E-state index in [4.69, 9.17) is 0 Å². The number of aromatic nitrogens is 3. The van der Waals surface area contributed by atoms with E-state index in [0.29, 0.717) is 0 Å². The lowest BCUT2D eigenvalue weighted by Crippen LogP contribution is -2.11. The van der Waals surface area contributed by atoms with Crippen molar-refractivity contribution >= 4 is 11.3 Å². The quantitative estimate of drug-likeness (QED) is 0.879. The van der Waals surface area contributed by atoms with Crippen LogP contribution < -0.4 is 5.32 Å². The third-order valence-corrected chi connectivity index (χ3v) is 3.12. The van der Waals surface area contributed by atoms with Crippen molar-refractivity contribution in [3.05, 3.63) is 29.0 Å². The van der Waals surface area contributed by atoms with Crippen LogP contribution in [0.15, 0.2) is 18.3 Å². The maximum absolute atomic E-state index is 4.25. The first-order valence-corrected chi connectivity index (χ1v) is 6.07. The van der Waals surface area contributed by atoms with E-state index in [1.54, 1.807) is 11.3 Å². The molecule has 0 bridgehead atoms. The number of rotatable bonds is 4. The van der Waals surface area contributed by atoms with Gasteiger partial charge in [0, 0.05) is 24.0 Å². The Morgan fingerprint density at radius 1 is 1.31 bits per heavy atom. The fraction of sp³-hybridized carbons (Fsp3) is 0.364. The van der Waals surface area contributed by atoms with Gasteiger partial charge in [0.15, 0.2) is 0 Å². The van der Waals surface area contributed by atoms with E-state index in [9.17, 15) is 0 Å². The van der Waals surface area contributed by atoms with Gasteiger partial charge in [-0.1, -0.05) is 18.3 Å². The normalized spacial score (nSPS) is 10.6. The number of hydrogen-bond donors (Lipinski definition) is 1. The molecule has 2 rings (SSSR count). The minimum absolute atomic E-state index is 0.785. The van der Waals surface area contributed by atoms with Crippen molar-refractivity contribution in [2.75, 3.05) is 6.54 Å². The lowest BCUT2D eigenvalue weighted by atomic mass is 10.3. The van der Waals surface area contributed by atoms with Gasteiger partial charge in [0.1, 0.15) is 10.0 Å². The van der Waals surface area contributed by atoms with E-state index in [0.717, 1.165) is 34.4 Å². The molecule has 0 aliphatic heterocycles. The molecule has 5 heteroatoms. The summed E-state index contributed by atoms with van der Waals surface area (Å²) in [5, 5.41) is 13.5. The third-order valence-electron chi connectivity index (χ3n) is 2.15. The van der Waals surface area contributed by atoms with Crippen molar-refractivity contribution in [1.29, 1.82) is 0 Å². The van der Waals surface area contributed by atoms with Gasteiger partial charge in [0.25, 0.3) is 0 Å². The number of aryl methyl sites for hydroxylation is 1. The van der Waals surface area contributed by atoms with E-state index in [2.05, 4.69) is 27.4 Å². The molecule has 0 atom stereocenters. The summed E-state index contributed by atoms with van der Waals surface area (Å²) in [5.74, 6) is 0. The SMILES string of the molecule is CCNCc1nnc(-c2ccc(C)nc2)s1. The molecule has 0 aliphatic carbocycles. The molecule has 0 saturated heterocycles. The fourth-order valence-corrected chi connectivity index (χ4v) is 2.07. The van der Waals surface area contributed by atoms with Crippen LogP contribution in [0.25, 0.3) is 10.6 Å². The second-order valence-corrected chi connectivity index (χ2v) is 4.53. The van der Waals surface area contributed by atoms with Crippen LogP contribution >= 0.6 is 11.3 Å². The highest BCUT2D eigenvalue weighted by atomic mass is 32.1. The predicted octanol–water partition coefficient (Wildman–Crippen LogP) is 2.02. The van der Waals surface area contributed by atoms with Crippen molar-refractivity contribution in [2.24, 2.45) is 0 Å². The first-order valence-electron chi connectivity index (χ1n) is 5.25. The van der Waals surface area contributed by atoms with Crippen LogP contribution in [0, 0.1) is 6.92 Å². The molecule has 84 valence electrons. The summed E-state index contributed by atoms with van der Waals surface area (Å²) in [6.45, 7) is 5.78. The summed E-state index contributed by atoms with van der Waals surface area (Å²) < 4.78 is 0. The van der Waals surface area contributed by atoms with E-state index in [1.165, 1.54) is 0 Å². The average Bonchev–Trinajstić information content (AvgIpc) is 2.76. The predicted molar refractivity (Wildman–Crippen MR) is 65.3 cm³/mol. The number of nitrogens with zero attached hydrogens (tertiary/aromatic N) is 3. The number of hydrogen-bond acceptors (Lipinski definition) is 5. The molecule has 0 unspecified atom stereocenters. The van der Waals surface area contributed by atoms with Gasteiger partial charge in [0.05, 0.1) is 0 Å². The minimum atomic E-state index is 0.785. The second kappa shape index (κ2) is 5.14. The van der Waals surface area contributed by atoms with Crippen LogP contribution in [-0.4, -0.2) is 21.7 Å². The van der Waals surface area contributed by atoms with Crippen molar-refractivity contribution in [3.8, 4) is 10.6 Å². The molecule has 2 heterocycles. The standard InChI is InChI=1S/C11H14N4S/c1-3-12-7-10-14-15-11(16-10)9-5-4-8(2)13-6-9/h4-6,12H,3,7H2,1-2H3. The first kappa shape index (κ1) is 11.2. The number of pyridine rings is 1. The molecular weight excluding hydrogens is 220 g/mol. The number of nitrogens with one attached hydrogen (secondary N) is 1. The summed E-state index contributed by atoms with van der Waals surface area (Å²) in [7, 11) is 0. The zero-order chi connectivity index (χ0) is 11.4. The second-order valence-electron chi connectivity index (χ2n) is 3.47. The Labute approximate surface area is 98.8 Å². The summed E-state index contributed by atoms with van der Waals surface area (Å²) in [5.41, 5.74) is 2.05. The van der Waals surface area contributed by atoms with Crippen LogP contribution in [0.3, 0.4) is 0 Å². The van der Waals surface area contributed by atoms with E-state index < -0.39 is 0 Å². The van der Waals surface area contributed by atoms with Crippen LogP contribution in [0.2, 0.25) is 0 Å². The lowest BCUT2D eigenvalue weighted by molar-refractivity contribution is 0.715. The Morgan fingerprint density at radius 3 is 2.88 bits per heavy atom. The van der Waals surface area contributed by atoms with Crippen molar-refractivity contribution in [1.82, 2.24) is 20.5 Å². The monoisotopic (exact) mass is 234 g/mol. The molecule has 2 aromatic rings. The highest BCUT2D eigenvalue weighted by molar-refractivity contribution is 7.14. The molecule has 16 heavy (non-hydrogen) atoms. The molecule has 0 fully saturated rings. The minimum Gasteiger partial charge on any atom is -0.311 e. The van der Waals surface area contributed by atoms with Gasteiger partial charge in [0.2, 0.25) is 0 Å². The van der Waals surface area contributed by atoms with Crippen molar-refractivity contribution < 1.29 is 0 Å². The van der Waals surface area contributed by atoms with Crippen LogP contribution in [0.1, 0.15) is 17.6 Å². The maximum atomic E-state index is 4.25. The Morgan fingerprint density at radius 2 is 2.19 bits per heavy atom. The van der Waals surface area contributed by atoms with E-state index in [-0.39, 0.29) is 0 Å². The summed E-state index contributed by atoms with van der Waals surface area (Å²) in [6, 6.07) is 4.01. The average molecular weight is 234 g/mol. The zero-order valence-corrected chi connectivity index (χ0v) is 10.2. The Bertz CT molecular complexity index is 449. The molecule has 4 nitrogen and oxygen atoms in total. The lowest BCUT2D eigenvalue weighted by Gasteiger charge is -1.95. The van der Waals surface area contributed by atoms with Gasteiger partial charge in [-0.05, 0) is 25.6 Å². The Kier molecular flexibility index (Phi) is 3.58. The summed E-state index contributed by atoms with van der Waals surface area (Å²) in [6.07, 6.45) is 1.84. The molecule has 0 aliphatic rings. The maximum Gasteiger partial charge on any atom is 0.149 e. The molecule has 2 aromatic heterocycles. The highest BCUT2D eigenvalue weighted by Gasteiger charge is 2.06. The van der Waals surface area contributed by atoms with Crippen LogP contribution in [-0.2, 0) is 6.54 Å². The Balaban J connectivity index is 2.15. The summed E-state index contributed by atoms with van der Waals surface area (Å²) in [4.78, 5) is 4.25. The highest BCUT2D eigenvalue weighted by Crippen LogP contribution is 2.22. The van der Waals surface area contributed by atoms with Gasteiger partial charge in [-0.2, -0.15) is 0 Å². The zero-order valence-electron chi connectivity index (χ0n) is 9.40. The molecular formula is C11H14N4S. The van der Waals surface area contributed by atoms with Crippen molar-refractivity contribution in [3.63, 3.8) is 0 Å². The molecule has 0 saturated carbocycles. The van der Waals surface area contributed by atoms with Gasteiger partial charge >= 0.3 is 0 Å². The Hall–Kier alpha value is -1.33. The first-order chi connectivity index (χ1) is 7.79. The van der Waals surface area contributed by atoms with Gasteiger partial charge in [-0.25, -0.2) is 0 Å². The van der Waals surface area contributed by atoms with Gasteiger partial charge < -0.3 is 5.32 Å². The molecule has 0 amide bonds. The molecule has 1 N–H and O–H groups in total. The molecule has 0 radical (unpaired) electrons. The smallest absolute Gasteiger partial charge is 0.149 e. The van der Waals surface area contributed by atoms with Gasteiger partial charge in [-0.3, -0.25) is 4.98 Å². The van der Waals surface area contributed by atoms with Crippen molar-refractivity contribution in [2.45, 2.75) is 20.4 Å².